The van der Waals surface area contributed by atoms with Crippen LogP contribution in [0.3, 0.4) is 0 Å². The van der Waals surface area contributed by atoms with Crippen LogP contribution in [0.1, 0.15) is 27.0 Å². The zero-order valence-electron chi connectivity index (χ0n) is 17.3. The van der Waals surface area contributed by atoms with Gasteiger partial charge in [-0.05, 0) is 53.1 Å². The fourth-order valence-corrected chi connectivity index (χ4v) is 3.67. The number of rotatable bonds is 6. The van der Waals surface area contributed by atoms with E-state index in [0.717, 1.165) is 22.4 Å². The topological polar surface area (TPSA) is 29.5 Å². The lowest BCUT2D eigenvalue weighted by atomic mass is 10.0. The number of aryl methyl sites for hydroxylation is 1. The maximum Gasteiger partial charge on any atom is 0.254 e. The molecule has 150 valence electrons. The van der Waals surface area contributed by atoms with Gasteiger partial charge in [-0.2, -0.15) is 0 Å². The first-order chi connectivity index (χ1) is 14.6. The molecule has 0 spiro atoms. The molecule has 4 aromatic carbocycles. The third-order valence-electron chi connectivity index (χ3n) is 5.36. The highest BCUT2D eigenvalue weighted by atomic mass is 16.5. The molecule has 3 nitrogen and oxygen atoms in total. The first-order valence-corrected chi connectivity index (χ1v) is 10.1. The summed E-state index contributed by atoms with van der Waals surface area (Å²) < 4.78 is 5.27. The second kappa shape index (κ2) is 8.83. The van der Waals surface area contributed by atoms with E-state index < -0.39 is 0 Å². The predicted molar refractivity (Wildman–Crippen MR) is 122 cm³/mol. The summed E-state index contributed by atoms with van der Waals surface area (Å²) in [6.07, 6.45) is 0. The van der Waals surface area contributed by atoms with Gasteiger partial charge in [0.2, 0.25) is 0 Å². The van der Waals surface area contributed by atoms with Gasteiger partial charge in [-0.15, -0.1) is 0 Å². The number of benzene rings is 4. The summed E-state index contributed by atoms with van der Waals surface area (Å²) in [5, 5.41) is 2.36. The zero-order valence-corrected chi connectivity index (χ0v) is 17.3. The average Bonchev–Trinajstić information content (AvgIpc) is 2.79. The Balaban J connectivity index is 1.68. The van der Waals surface area contributed by atoms with Crippen molar-refractivity contribution in [1.82, 2.24) is 4.90 Å². The molecule has 0 saturated heterocycles. The summed E-state index contributed by atoms with van der Waals surface area (Å²) in [5.74, 6) is 0.836. The van der Waals surface area contributed by atoms with Crippen LogP contribution in [0, 0.1) is 6.92 Å². The van der Waals surface area contributed by atoms with Crippen molar-refractivity contribution in [2.45, 2.75) is 20.0 Å². The number of carbonyl (C=O) groups is 1. The Bertz CT molecular complexity index is 1140. The van der Waals surface area contributed by atoms with Gasteiger partial charge in [0.1, 0.15) is 5.75 Å². The second-order valence-corrected chi connectivity index (χ2v) is 7.51. The maximum absolute atomic E-state index is 13.4. The fraction of sp³-hybridized carbons (Fsp3) is 0.148. The molecule has 4 rings (SSSR count). The summed E-state index contributed by atoms with van der Waals surface area (Å²) >= 11 is 0. The molecule has 0 aliphatic carbocycles. The molecule has 0 aliphatic rings. The Morgan fingerprint density at radius 3 is 2.23 bits per heavy atom. The van der Waals surface area contributed by atoms with E-state index in [-0.39, 0.29) is 5.91 Å². The first-order valence-electron chi connectivity index (χ1n) is 10.1. The molecule has 1 amide bonds. The molecule has 0 bridgehead atoms. The fourth-order valence-electron chi connectivity index (χ4n) is 3.67. The van der Waals surface area contributed by atoms with Crippen molar-refractivity contribution < 1.29 is 9.53 Å². The number of hydrogen-bond donors (Lipinski definition) is 0. The molecule has 3 heteroatoms. The highest BCUT2D eigenvalue weighted by Gasteiger charge is 2.18. The minimum Gasteiger partial charge on any atom is -0.497 e. The lowest BCUT2D eigenvalue weighted by Gasteiger charge is -2.24. The van der Waals surface area contributed by atoms with Crippen LogP contribution in [0.2, 0.25) is 0 Å². The van der Waals surface area contributed by atoms with E-state index in [1.807, 2.05) is 72.5 Å². The molecule has 30 heavy (non-hydrogen) atoms. The van der Waals surface area contributed by atoms with Crippen LogP contribution >= 0.6 is 0 Å². The normalized spacial score (nSPS) is 10.7. The monoisotopic (exact) mass is 395 g/mol. The van der Waals surface area contributed by atoms with Gasteiger partial charge in [-0.1, -0.05) is 72.3 Å². The van der Waals surface area contributed by atoms with E-state index >= 15 is 0 Å². The lowest BCUT2D eigenvalue weighted by Crippen LogP contribution is -2.30. The molecular weight excluding hydrogens is 370 g/mol. The molecule has 0 fully saturated rings. The number of methoxy groups -OCH3 is 1. The SMILES string of the molecule is COc1ccc(CN(Cc2cccc3ccccc23)C(=O)c2ccc(C)cc2)cc1. The standard InChI is InChI=1S/C27H25NO2/c1-20-10-14-23(15-11-20)27(29)28(18-21-12-16-25(30-2)17-13-21)19-24-8-5-7-22-6-3-4-9-26(22)24/h3-17H,18-19H2,1-2H3. The van der Waals surface area contributed by atoms with Gasteiger partial charge in [0.25, 0.3) is 5.91 Å². The van der Waals surface area contributed by atoms with Crippen molar-refractivity contribution in [2.24, 2.45) is 0 Å². The number of hydrogen-bond acceptors (Lipinski definition) is 2. The van der Waals surface area contributed by atoms with Gasteiger partial charge in [0.15, 0.2) is 0 Å². The Morgan fingerprint density at radius 1 is 0.800 bits per heavy atom. The molecule has 0 aromatic heterocycles. The van der Waals surface area contributed by atoms with Crippen molar-refractivity contribution in [3.63, 3.8) is 0 Å². The summed E-state index contributed by atoms with van der Waals surface area (Å²) in [6.45, 7) is 3.10. The van der Waals surface area contributed by atoms with Crippen LogP contribution in [-0.4, -0.2) is 17.9 Å². The smallest absolute Gasteiger partial charge is 0.254 e. The number of nitrogens with zero attached hydrogens (tertiary/aromatic N) is 1. The first kappa shape index (κ1) is 19.7. The van der Waals surface area contributed by atoms with E-state index in [2.05, 4.69) is 30.3 Å². The number of fused-ring (bicyclic) bond motifs is 1. The van der Waals surface area contributed by atoms with E-state index in [1.54, 1.807) is 7.11 Å². The molecule has 0 aliphatic heterocycles. The minimum atomic E-state index is 0.0266. The molecule has 0 atom stereocenters. The van der Waals surface area contributed by atoms with Gasteiger partial charge in [-0.3, -0.25) is 4.79 Å². The molecular formula is C27H25NO2. The summed E-state index contributed by atoms with van der Waals surface area (Å²) in [6, 6.07) is 30.2. The molecule has 0 N–H and O–H groups in total. The van der Waals surface area contributed by atoms with E-state index in [4.69, 9.17) is 4.74 Å². The van der Waals surface area contributed by atoms with Crippen LogP contribution in [0.15, 0.2) is 91.0 Å². The molecule has 0 radical (unpaired) electrons. The third-order valence-corrected chi connectivity index (χ3v) is 5.36. The third kappa shape index (κ3) is 4.36. The summed E-state index contributed by atoms with van der Waals surface area (Å²) in [5.41, 5.74) is 4.05. The van der Waals surface area contributed by atoms with Crippen molar-refractivity contribution in [3.05, 3.63) is 113 Å². The van der Waals surface area contributed by atoms with Crippen molar-refractivity contribution >= 4 is 16.7 Å². The van der Waals surface area contributed by atoms with E-state index in [1.165, 1.54) is 10.8 Å². The Labute approximate surface area is 177 Å². The van der Waals surface area contributed by atoms with Crippen molar-refractivity contribution in [1.29, 1.82) is 0 Å². The predicted octanol–water partition coefficient (Wildman–Crippen LogP) is 6.00. The highest BCUT2D eigenvalue weighted by Crippen LogP contribution is 2.23. The number of ether oxygens (including phenoxy) is 1. The van der Waals surface area contributed by atoms with Crippen LogP contribution in [-0.2, 0) is 13.1 Å². The van der Waals surface area contributed by atoms with Crippen LogP contribution in [0.5, 0.6) is 5.75 Å². The lowest BCUT2D eigenvalue weighted by molar-refractivity contribution is 0.0731. The molecule has 0 heterocycles. The minimum absolute atomic E-state index is 0.0266. The average molecular weight is 396 g/mol. The van der Waals surface area contributed by atoms with Crippen molar-refractivity contribution in [3.8, 4) is 5.75 Å². The second-order valence-electron chi connectivity index (χ2n) is 7.51. The maximum atomic E-state index is 13.4. The summed E-state index contributed by atoms with van der Waals surface area (Å²) in [4.78, 5) is 15.3. The zero-order chi connectivity index (χ0) is 20.9. The van der Waals surface area contributed by atoms with Crippen LogP contribution in [0.25, 0.3) is 10.8 Å². The van der Waals surface area contributed by atoms with Crippen molar-refractivity contribution in [2.75, 3.05) is 7.11 Å². The molecule has 0 saturated carbocycles. The van der Waals surface area contributed by atoms with E-state index in [9.17, 15) is 4.79 Å². The number of carbonyl (C=O) groups excluding carboxylic acids is 1. The van der Waals surface area contributed by atoms with Crippen LogP contribution in [0.4, 0.5) is 0 Å². The van der Waals surface area contributed by atoms with Gasteiger partial charge in [-0.25, -0.2) is 0 Å². The molecule has 0 unspecified atom stereocenters. The van der Waals surface area contributed by atoms with Crippen LogP contribution < -0.4 is 4.74 Å². The van der Waals surface area contributed by atoms with Gasteiger partial charge in [0, 0.05) is 18.7 Å². The quantitative estimate of drug-likeness (QED) is 0.401. The Kier molecular flexibility index (Phi) is 5.80. The highest BCUT2D eigenvalue weighted by molar-refractivity contribution is 5.94. The van der Waals surface area contributed by atoms with E-state index in [0.29, 0.717) is 18.7 Å². The Hall–Kier alpha value is -3.59. The van der Waals surface area contributed by atoms with Gasteiger partial charge in [0.05, 0.1) is 7.11 Å². The summed E-state index contributed by atoms with van der Waals surface area (Å²) in [7, 11) is 1.66. The van der Waals surface area contributed by atoms with Gasteiger partial charge >= 0.3 is 0 Å². The largest absolute Gasteiger partial charge is 0.497 e. The molecule has 4 aromatic rings. The Morgan fingerprint density at radius 2 is 1.50 bits per heavy atom. The van der Waals surface area contributed by atoms with Gasteiger partial charge < -0.3 is 9.64 Å². The number of amides is 1.